The molecular formula is C13H19N3O3S. The lowest BCUT2D eigenvalue weighted by Crippen LogP contribution is -2.38. The first-order valence-electron chi connectivity index (χ1n) is 6.74. The van der Waals surface area contributed by atoms with E-state index < -0.39 is 5.97 Å². The molecule has 0 radical (unpaired) electrons. The van der Waals surface area contributed by atoms with Gasteiger partial charge in [-0.2, -0.15) is 0 Å². The number of nitrogens with zero attached hydrogens (tertiary/aromatic N) is 1. The van der Waals surface area contributed by atoms with Crippen LogP contribution in [0.5, 0.6) is 0 Å². The second-order valence-corrected chi connectivity index (χ2v) is 6.16. The molecule has 0 aliphatic heterocycles. The van der Waals surface area contributed by atoms with Crippen LogP contribution in [0.3, 0.4) is 0 Å². The number of carbonyl (C=O) groups excluding carboxylic acids is 1. The molecule has 1 aromatic rings. The molecule has 0 saturated heterocycles. The first-order chi connectivity index (χ1) is 9.54. The van der Waals surface area contributed by atoms with Crippen molar-refractivity contribution in [2.24, 2.45) is 5.41 Å². The molecule has 1 saturated carbocycles. The maximum atomic E-state index is 11.7. The zero-order valence-corrected chi connectivity index (χ0v) is 12.3. The van der Waals surface area contributed by atoms with E-state index in [1.807, 2.05) is 0 Å². The first-order valence-corrected chi connectivity index (χ1v) is 7.62. The Hall–Kier alpha value is -1.63. The van der Waals surface area contributed by atoms with Crippen molar-refractivity contribution < 1.29 is 14.7 Å². The maximum Gasteiger partial charge on any atom is 0.355 e. The maximum absolute atomic E-state index is 11.7. The number of amides is 2. The Morgan fingerprint density at radius 3 is 2.75 bits per heavy atom. The van der Waals surface area contributed by atoms with E-state index in [1.165, 1.54) is 29.6 Å². The SMILES string of the molecule is CCCC1(CNC(=O)NCc2nc(C(=O)O)cs2)CC1. The topological polar surface area (TPSA) is 91.3 Å². The quantitative estimate of drug-likeness (QED) is 0.719. The van der Waals surface area contributed by atoms with Crippen LogP contribution in [0.1, 0.15) is 48.1 Å². The fourth-order valence-electron chi connectivity index (χ4n) is 2.20. The first kappa shape index (κ1) is 14.8. The molecule has 7 heteroatoms. The van der Waals surface area contributed by atoms with Gasteiger partial charge >= 0.3 is 12.0 Å². The molecule has 1 aliphatic carbocycles. The number of thiazole rings is 1. The van der Waals surface area contributed by atoms with Crippen LogP contribution in [-0.4, -0.2) is 28.6 Å². The number of rotatable bonds is 7. The summed E-state index contributed by atoms with van der Waals surface area (Å²) in [6.07, 6.45) is 4.67. The van der Waals surface area contributed by atoms with Gasteiger partial charge in [0.05, 0.1) is 6.54 Å². The lowest BCUT2D eigenvalue weighted by molar-refractivity contribution is 0.0691. The summed E-state index contributed by atoms with van der Waals surface area (Å²) >= 11 is 1.23. The van der Waals surface area contributed by atoms with Crippen molar-refractivity contribution in [3.63, 3.8) is 0 Å². The van der Waals surface area contributed by atoms with Gasteiger partial charge in [-0.15, -0.1) is 11.3 Å². The van der Waals surface area contributed by atoms with Crippen molar-refractivity contribution in [1.29, 1.82) is 0 Å². The Balaban J connectivity index is 1.71. The summed E-state index contributed by atoms with van der Waals surface area (Å²) in [6.45, 7) is 3.12. The van der Waals surface area contributed by atoms with Crippen LogP contribution in [0, 0.1) is 5.41 Å². The van der Waals surface area contributed by atoms with E-state index in [-0.39, 0.29) is 18.3 Å². The van der Waals surface area contributed by atoms with E-state index in [2.05, 4.69) is 22.5 Å². The average Bonchev–Trinajstić information content (AvgIpc) is 3.01. The second kappa shape index (κ2) is 6.21. The van der Waals surface area contributed by atoms with Gasteiger partial charge < -0.3 is 15.7 Å². The Kier molecular flexibility index (Phi) is 4.59. The zero-order chi connectivity index (χ0) is 14.6. The molecule has 0 bridgehead atoms. The molecule has 2 rings (SSSR count). The van der Waals surface area contributed by atoms with Crippen molar-refractivity contribution >= 4 is 23.3 Å². The Morgan fingerprint density at radius 1 is 1.45 bits per heavy atom. The molecule has 1 aromatic heterocycles. The van der Waals surface area contributed by atoms with Gasteiger partial charge in [0.2, 0.25) is 0 Å². The number of aromatic nitrogens is 1. The van der Waals surface area contributed by atoms with Crippen molar-refractivity contribution in [1.82, 2.24) is 15.6 Å². The summed E-state index contributed by atoms with van der Waals surface area (Å²) in [5.41, 5.74) is 0.344. The van der Waals surface area contributed by atoms with E-state index >= 15 is 0 Å². The summed E-state index contributed by atoms with van der Waals surface area (Å²) in [5.74, 6) is -1.05. The van der Waals surface area contributed by atoms with Gasteiger partial charge in [0.1, 0.15) is 5.01 Å². The molecule has 1 aliphatic rings. The molecule has 0 spiro atoms. The summed E-state index contributed by atoms with van der Waals surface area (Å²) in [6, 6.07) is -0.223. The molecule has 2 amide bonds. The minimum atomic E-state index is -1.05. The standard InChI is InChI=1S/C13H19N3O3S/c1-2-3-13(4-5-13)8-15-12(19)14-6-10-16-9(7-20-10)11(17)18/h7H,2-6,8H2,1H3,(H,17,18)(H2,14,15,19). The summed E-state index contributed by atoms with van der Waals surface area (Å²) < 4.78 is 0. The average molecular weight is 297 g/mol. The number of carboxylic acid groups (broad SMARTS) is 1. The summed E-state index contributed by atoms with van der Waals surface area (Å²) in [5, 5.41) is 16.4. The summed E-state index contributed by atoms with van der Waals surface area (Å²) in [7, 11) is 0. The Bertz CT molecular complexity index is 497. The van der Waals surface area contributed by atoms with E-state index in [0.717, 1.165) is 12.8 Å². The van der Waals surface area contributed by atoms with Crippen LogP contribution in [0.2, 0.25) is 0 Å². The molecule has 0 aromatic carbocycles. The third kappa shape index (κ3) is 3.93. The number of carbonyl (C=O) groups is 2. The molecule has 3 N–H and O–H groups in total. The van der Waals surface area contributed by atoms with Crippen LogP contribution in [-0.2, 0) is 6.54 Å². The normalized spacial score (nSPS) is 15.7. The van der Waals surface area contributed by atoms with Crippen molar-refractivity contribution in [2.75, 3.05) is 6.54 Å². The number of hydrogen-bond donors (Lipinski definition) is 3. The van der Waals surface area contributed by atoms with Gasteiger partial charge in [0, 0.05) is 11.9 Å². The minimum absolute atomic E-state index is 0.0205. The fourth-order valence-corrected chi connectivity index (χ4v) is 2.91. The van der Waals surface area contributed by atoms with Crippen LogP contribution in [0.4, 0.5) is 4.79 Å². The predicted molar refractivity (Wildman–Crippen MR) is 75.9 cm³/mol. The number of hydrogen-bond acceptors (Lipinski definition) is 4. The molecule has 110 valence electrons. The highest BCUT2D eigenvalue weighted by atomic mass is 32.1. The van der Waals surface area contributed by atoms with Crippen LogP contribution in [0.25, 0.3) is 0 Å². The largest absolute Gasteiger partial charge is 0.476 e. The monoisotopic (exact) mass is 297 g/mol. The van der Waals surface area contributed by atoms with Crippen molar-refractivity contribution in [3.8, 4) is 0 Å². The highest BCUT2D eigenvalue weighted by Crippen LogP contribution is 2.48. The van der Waals surface area contributed by atoms with Crippen molar-refractivity contribution in [3.05, 3.63) is 16.1 Å². The zero-order valence-electron chi connectivity index (χ0n) is 11.4. The fraction of sp³-hybridized carbons (Fsp3) is 0.615. The predicted octanol–water partition coefficient (Wildman–Crippen LogP) is 2.22. The number of nitrogens with one attached hydrogen (secondary N) is 2. The van der Waals surface area contributed by atoms with Gasteiger partial charge in [0.25, 0.3) is 0 Å². The van der Waals surface area contributed by atoms with Gasteiger partial charge in [-0.3, -0.25) is 0 Å². The van der Waals surface area contributed by atoms with E-state index in [9.17, 15) is 9.59 Å². The van der Waals surface area contributed by atoms with Crippen molar-refractivity contribution in [2.45, 2.75) is 39.2 Å². The second-order valence-electron chi connectivity index (χ2n) is 5.22. The van der Waals surface area contributed by atoms with Gasteiger partial charge in [-0.1, -0.05) is 13.3 Å². The van der Waals surface area contributed by atoms with Crippen LogP contribution in [0.15, 0.2) is 5.38 Å². The minimum Gasteiger partial charge on any atom is -0.476 e. The highest BCUT2D eigenvalue weighted by molar-refractivity contribution is 7.09. The van der Waals surface area contributed by atoms with Crippen LogP contribution < -0.4 is 10.6 Å². The van der Waals surface area contributed by atoms with Gasteiger partial charge in [-0.25, -0.2) is 14.6 Å². The number of urea groups is 1. The number of aromatic carboxylic acids is 1. The van der Waals surface area contributed by atoms with Crippen LogP contribution >= 0.6 is 11.3 Å². The lowest BCUT2D eigenvalue weighted by atomic mass is 10.0. The molecule has 1 heterocycles. The van der Waals surface area contributed by atoms with Gasteiger partial charge in [0.15, 0.2) is 5.69 Å². The number of carboxylic acids is 1. The third-order valence-electron chi connectivity index (χ3n) is 3.53. The molecular weight excluding hydrogens is 278 g/mol. The molecule has 0 unspecified atom stereocenters. The van der Waals surface area contributed by atoms with Gasteiger partial charge in [-0.05, 0) is 24.7 Å². The Morgan fingerprint density at radius 2 is 2.20 bits per heavy atom. The van der Waals surface area contributed by atoms with E-state index in [4.69, 9.17) is 5.11 Å². The molecule has 6 nitrogen and oxygen atoms in total. The Labute approximate surface area is 121 Å². The molecule has 1 fully saturated rings. The summed E-state index contributed by atoms with van der Waals surface area (Å²) in [4.78, 5) is 26.3. The smallest absolute Gasteiger partial charge is 0.355 e. The lowest BCUT2D eigenvalue weighted by Gasteiger charge is -2.15. The molecule has 20 heavy (non-hydrogen) atoms. The highest BCUT2D eigenvalue weighted by Gasteiger charge is 2.41. The van der Waals surface area contributed by atoms with E-state index in [1.54, 1.807) is 0 Å². The molecule has 0 atom stereocenters. The third-order valence-corrected chi connectivity index (χ3v) is 4.38. The van der Waals surface area contributed by atoms with E-state index in [0.29, 0.717) is 17.0 Å².